The van der Waals surface area contributed by atoms with Crippen LogP contribution in [0.2, 0.25) is 0 Å². The highest BCUT2D eigenvalue weighted by molar-refractivity contribution is 6.61. The second-order valence-corrected chi connectivity index (χ2v) is 14.5. The Kier molecular flexibility index (Phi) is 6.83. The van der Waals surface area contributed by atoms with Gasteiger partial charge in [0.05, 0.1) is 0 Å². The minimum Gasteiger partial charge on any atom is -0.374 e. The fourth-order valence-corrected chi connectivity index (χ4v) is 11.6. The van der Waals surface area contributed by atoms with E-state index in [0.29, 0.717) is 12.1 Å². The van der Waals surface area contributed by atoms with Crippen molar-refractivity contribution in [1.82, 2.24) is 9.13 Å². The molecule has 0 spiro atoms. The van der Waals surface area contributed by atoms with Crippen molar-refractivity contribution in [3.05, 3.63) is 0 Å². The monoisotopic (exact) mass is 422 g/mol. The van der Waals surface area contributed by atoms with E-state index in [-0.39, 0.29) is 0 Å². The molecule has 0 N–H and O–H groups in total. The van der Waals surface area contributed by atoms with Crippen LogP contribution in [0, 0.1) is 35.5 Å². The van der Waals surface area contributed by atoms with Crippen molar-refractivity contribution in [3.63, 3.8) is 0 Å². The molecule has 4 aliphatic rings. The molecule has 2 heterocycles. The lowest BCUT2D eigenvalue weighted by atomic mass is 9.73. The van der Waals surface area contributed by atoms with Crippen LogP contribution in [0.1, 0.15) is 79.1 Å². The Morgan fingerprint density at radius 2 is 1.00 bits per heavy atom. The van der Waals surface area contributed by atoms with Crippen molar-refractivity contribution < 1.29 is 8.85 Å². The lowest BCUT2D eigenvalue weighted by Crippen LogP contribution is -2.77. The summed E-state index contributed by atoms with van der Waals surface area (Å²) in [5.41, 5.74) is 0. The standard InChI is InChI=1S/C24H46N2O2Si/c1-17-7-9-21-11-19(3)15-25(23(21)13-17)29(27-5,28-6)26-16-20(4)12-22-10-8-18(2)14-24(22)26/h17-24H,7-16H2,1-6H3. The Balaban J connectivity index is 1.69. The van der Waals surface area contributed by atoms with Crippen LogP contribution in [0.4, 0.5) is 0 Å². The van der Waals surface area contributed by atoms with E-state index in [9.17, 15) is 0 Å². The molecule has 0 bridgehead atoms. The summed E-state index contributed by atoms with van der Waals surface area (Å²) in [5.74, 6) is 4.80. The van der Waals surface area contributed by atoms with Crippen molar-refractivity contribution in [1.29, 1.82) is 0 Å². The Bertz CT molecular complexity index is 513. The molecule has 0 radical (unpaired) electrons. The van der Waals surface area contributed by atoms with Crippen molar-refractivity contribution >= 4 is 8.88 Å². The first-order chi connectivity index (χ1) is 13.9. The van der Waals surface area contributed by atoms with Crippen LogP contribution in [-0.4, -0.2) is 57.4 Å². The van der Waals surface area contributed by atoms with Gasteiger partial charge < -0.3 is 8.85 Å². The number of hydrogen-bond acceptors (Lipinski definition) is 4. The number of hydrogen-bond donors (Lipinski definition) is 0. The van der Waals surface area contributed by atoms with E-state index in [1.54, 1.807) is 0 Å². The number of fused-ring (bicyclic) bond motifs is 2. The molecular formula is C24H46N2O2Si. The summed E-state index contributed by atoms with van der Waals surface area (Å²) in [6.07, 6.45) is 11.0. The molecule has 0 aromatic carbocycles. The van der Waals surface area contributed by atoms with Crippen LogP contribution in [0.15, 0.2) is 0 Å². The minimum absolute atomic E-state index is 0.651. The zero-order chi connectivity index (χ0) is 20.8. The lowest BCUT2D eigenvalue weighted by Gasteiger charge is -2.59. The predicted molar refractivity (Wildman–Crippen MR) is 121 cm³/mol. The first-order valence-electron chi connectivity index (χ1n) is 12.5. The summed E-state index contributed by atoms with van der Waals surface area (Å²) in [7, 11) is 1.28. The van der Waals surface area contributed by atoms with Gasteiger partial charge in [0.2, 0.25) is 0 Å². The molecule has 4 rings (SSSR count). The first-order valence-corrected chi connectivity index (χ1v) is 14.2. The largest absolute Gasteiger partial charge is 0.522 e. The Hall–Kier alpha value is 0.0569. The van der Waals surface area contributed by atoms with E-state index >= 15 is 0 Å². The quantitative estimate of drug-likeness (QED) is 0.595. The van der Waals surface area contributed by atoms with Gasteiger partial charge in [-0.2, -0.15) is 0 Å². The average Bonchev–Trinajstić information content (AvgIpc) is 2.70. The van der Waals surface area contributed by atoms with Gasteiger partial charge >= 0.3 is 8.88 Å². The molecular weight excluding hydrogens is 376 g/mol. The van der Waals surface area contributed by atoms with Gasteiger partial charge in [0.25, 0.3) is 0 Å². The van der Waals surface area contributed by atoms with E-state index in [4.69, 9.17) is 8.85 Å². The summed E-state index contributed by atoms with van der Waals surface area (Å²) >= 11 is 0. The number of rotatable bonds is 4. The predicted octanol–water partition coefficient (Wildman–Crippen LogP) is 5.01. The van der Waals surface area contributed by atoms with Crippen LogP contribution in [-0.2, 0) is 8.85 Å². The normalized spacial score (nSPS) is 44.9. The molecule has 4 nitrogen and oxygen atoms in total. The maximum absolute atomic E-state index is 6.60. The summed E-state index contributed by atoms with van der Waals surface area (Å²) in [5, 5.41) is 0. The molecule has 5 heteroatoms. The Labute approximate surface area is 181 Å². The second kappa shape index (κ2) is 8.89. The molecule has 0 amide bonds. The lowest BCUT2D eigenvalue weighted by molar-refractivity contribution is -0.0357. The van der Waals surface area contributed by atoms with Crippen LogP contribution < -0.4 is 0 Å². The van der Waals surface area contributed by atoms with Gasteiger partial charge in [-0.25, -0.2) is 0 Å². The summed E-state index contributed by atoms with van der Waals surface area (Å²) in [6.45, 7) is 12.1. The number of piperidine rings is 2. The molecule has 4 fully saturated rings. The van der Waals surface area contributed by atoms with Gasteiger partial charge in [-0.3, -0.25) is 9.13 Å². The molecule has 2 aliphatic heterocycles. The van der Waals surface area contributed by atoms with Crippen molar-refractivity contribution in [3.8, 4) is 0 Å². The molecule has 29 heavy (non-hydrogen) atoms. The SMILES string of the molecule is CO[Si](OC)(N1CC(C)CC2CCC(C)CC21)N1CC(C)CC2CCC(C)CC21. The zero-order valence-corrected chi connectivity index (χ0v) is 20.9. The maximum atomic E-state index is 6.60. The van der Waals surface area contributed by atoms with Crippen LogP contribution in [0.25, 0.3) is 0 Å². The summed E-state index contributed by atoms with van der Waals surface area (Å²) in [4.78, 5) is 0. The maximum Gasteiger partial charge on any atom is 0.522 e. The highest BCUT2D eigenvalue weighted by Crippen LogP contribution is 2.46. The Morgan fingerprint density at radius 1 is 0.586 bits per heavy atom. The first kappa shape index (κ1) is 22.3. The molecule has 168 valence electrons. The summed E-state index contributed by atoms with van der Waals surface area (Å²) < 4.78 is 18.8. The third kappa shape index (κ3) is 4.11. The van der Waals surface area contributed by atoms with Gasteiger partial charge in [-0.15, -0.1) is 0 Å². The van der Waals surface area contributed by atoms with E-state index in [0.717, 1.165) is 48.6 Å². The molecule has 2 aliphatic carbocycles. The van der Waals surface area contributed by atoms with Crippen LogP contribution in [0.3, 0.4) is 0 Å². The minimum atomic E-state index is -2.63. The van der Waals surface area contributed by atoms with Crippen molar-refractivity contribution in [2.24, 2.45) is 35.5 Å². The Morgan fingerprint density at radius 3 is 1.38 bits per heavy atom. The van der Waals surface area contributed by atoms with E-state index in [1.807, 2.05) is 14.2 Å². The fraction of sp³-hybridized carbons (Fsp3) is 1.00. The second-order valence-electron chi connectivity index (χ2n) is 11.4. The highest BCUT2D eigenvalue weighted by Gasteiger charge is 2.60. The number of nitrogens with zero attached hydrogens (tertiary/aromatic N) is 2. The van der Waals surface area contributed by atoms with Gasteiger partial charge in [-0.05, 0) is 87.1 Å². The van der Waals surface area contributed by atoms with E-state index in [1.165, 1.54) is 51.4 Å². The van der Waals surface area contributed by atoms with Gasteiger partial charge in [-0.1, -0.05) is 40.5 Å². The van der Waals surface area contributed by atoms with Gasteiger partial charge in [0, 0.05) is 26.3 Å². The molecule has 0 aromatic rings. The third-order valence-corrected chi connectivity index (χ3v) is 12.5. The van der Waals surface area contributed by atoms with Crippen molar-refractivity contribution in [2.45, 2.75) is 91.1 Å². The van der Waals surface area contributed by atoms with Gasteiger partial charge in [0.1, 0.15) is 0 Å². The van der Waals surface area contributed by atoms with Crippen LogP contribution >= 0.6 is 0 Å². The highest BCUT2D eigenvalue weighted by atomic mass is 28.4. The van der Waals surface area contributed by atoms with Gasteiger partial charge in [0.15, 0.2) is 0 Å². The van der Waals surface area contributed by atoms with Crippen LogP contribution in [0.5, 0.6) is 0 Å². The smallest absolute Gasteiger partial charge is 0.374 e. The topological polar surface area (TPSA) is 24.9 Å². The zero-order valence-electron chi connectivity index (χ0n) is 19.9. The third-order valence-electron chi connectivity index (χ3n) is 8.92. The average molecular weight is 423 g/mol. The molecule has 0 aromatic heterocycles. The molecule has 2 saturated carbocycles. The van der Waals surface area contributed by atoms with Crippen molar-refractivity contribution in [2.75, 3.05) is 27.3 Å². The van der Waals surface area contributed by atoms with E-state index in [2.05, 4.69) is 36.8 Å². The molecule has 8 atom stereocenters. The fourth-order valence-electron chi connectivity index (χ4n) is 7.63. The molecule has 8 unspecified atom stereocenters. The molecule has 2 saturated heterocycles. The van der Waals surface area contributed by atoms with E-state index < -0.39 is 8.88 Å². The summed E-state index contributed by atoms with van der Waals surface area (Å²) in [6, 6.07) is 1.30.